The van der Waals surface area contributed by atoms with E-state index in [0.717, 1.165) is 11.8 Å². The Labute approximate surface area is 109 Å². The smallest absolute Gasteiger partial charge is 0.399 e. The van der Waals surface area contributed by atoms with Crippen LogP contribution in [0.3, 0.4) is 0 Å². The molecule has 2 aromatic carbocycles. The SMILES string of the molecule is Cc1ccc(N)cc1.Nc1ccccc1C(F)(F)F. The largest absolute Gasteiger partial charge is 0.418 e. The summed E-state index contributed by atoms with van der Waals surface area (Å²) in [6.45, 7) is 2.04. The maximum atomic E-state index is 12.0. The standard InChI is InChI=1S/C7H6F3N.C7H9N/c8-7(9,10)5-3-1-2-4-6(5)11;1-6-2-4-7(8)5-3-6/h1-4H,11H2;2-5H,8H2,1H3. The van der Waals surface area contributed by atoms with Gasteiger partial charge >= 0.3 is 6.18 Å². The lowest BCUT2D eigenvalue weighted by atomic mass is 10.2. The molecule has 102 valence electrons. The molecule has 0 unspecified atom stereocenters. The van der Waals surface area contributed by atoms with Crippen molar-refractivity contribution in [3.05, 3.63) is 59.7 Å². The van der Waals surface area contributed by atoms with Crippen LogP contribution >= 0.6 is 0 Å². The monoisotopic (exact) mass is 268 g/mol. The Morgan fingerprint density at radius 2 is 1.37 bits per heavy atom. The number of hydrogen-bond donors (Lipinski definition) is 2. The second-order valence-electron chi connectivity index (χ2n) is 4.00. The topological polar surface area (TPSA) is 52.0 Å². The summed E-state index contributed by atoms with van der Waals surface area (Å²) < 4.78 is 35.9. The van der Waals surface area contributed by atoms with Crippen LogP contribution in [0.15, 0.2) is 48.5 Å². The van der Waals surface area contributed by atoms with Crippen LogP contribution in [-0.2, 0) is 6.18 Å². The fraction of sp³-hybridized carbons (Fsp3) is 0.143. The Hall–Kier alpha value is -2.17. The van der Waals surface area contributed by atoms with Gasteiger partial charge in [-0.1, -0.05) is 29.8 Å². The molecular formula is C14H15F3N2. The maximum absolute atomic E-state index is 12.0. The Balaban J connectivity index is 0.000000200. The summed E-state index contributed by atoms with van der Waals surface area (Å²) in [6.07, 6.45) is -4.34. The van der Waals surface area contributed by atoms with Crippen LogP contribution in [0.2, 0.25) is 0 Å². The van der Waals surface area contributed by atoms with Crippen molar-refractivity contribution in [3.63, 3.8) is 0 Å². The third-order valence-electron chi connectivity index (χ3n) is 2.34. The molecule has 0 amide bonds. The highest BCUT2D eigenvalue weighted by Gasteiger charge is 2.32. The third kappa shape index (κ3) is 4.91. The van der Waals surface area contributed by atoms with Crippen molar-refractivity contribution in [3.8, 4) is 0 Å². The van der Waals surface area contributed by atoms with E-state index in [1.165, 1.54) is 23.8 Å². The normalized spacial score (nSPS) is 10.5. The Morgan fingerprint density at radius 3 is 1.74 bits per heavy atom. The molecule has 0 saturated carbocycles. The van der Waals surface area contributed by atoms with Gasteiger partial charge in [0.25, 0.3) is 0 Å². The first-order valence-electron chi connectivity index (χ1n) is 5.54. The molecule has 0 aliphatic rings. The molecule has 0 atom stereocenters. The number of nitrogen functional groups attached to an aromatic ring is 2. The summed E-state index contributed by atoms with van der Waals surface area (Å²) in [5.74, 6) is 0. The molecule has 0 saturated heterocycles. The van der Waals surface area contributed by atoms with E-state index in [1.807, 2.05) is 31.2 Å². The molecule has 0 radical (unpaired) electrons. The summed E-state index contributed by atoms with van der Waals surface area (Å²) in [5, 5.41) is 0. The minimum atomic E-state index is -4.34. The minimum absolute atomic E-state index is 0.236. The van der Waals surface area contributed by atoms with Crippen molar-refractivity contribution in [2.24, 2.45) is 0 Å². The summed E-state index contributed by atoms with van der Waals surface area (Å²) in [7, 11) is 0. The molecule has 0 aromatic heterocycles. The molecule has 2 aromatic rings. The molecule has 5 heteroatoms. The van der Waals surface area contributed by atoms with Crippen molar-refractivity contribution < 1.29 is 13.2 Å². The number of alkyl halides is 3. The van der Waals surface area contributed by atoms with E-state index < -0.39 is 11.7 Å². The van der Waals surface area contributed by atoms with Crippen molar-refractivity contribution >= 4 is 11.4 Å². The number of anilines is 2. The van der Waals surface area contributed by atoms with E-state index in [9.17, 15) is 13.2 Å². The first-order valence-corrected chi connectivity index (χ1v) is 5.54. The molecule has 4 N–H and O–H groups in total. The predicted molar refractivity (Wildman–Crippen MR) is 71.4 cm³/mol. The lowest BCUT2D eigenvalue weighted by molar-refractivity contribution is -0.136. The zero-order valence-corrected chi connectivity index (χ0v) is 10.4. The molecule has 0 aliphatic carbocycles. The van der Waals surface area contributed by atoms with E-state index in [-0.39, 0.29) is 5.69 Å². The van der Waals surface area contributed by atoms with Crippen molar-refractivity contribution in [2.45, 2.75) is 13.1 Å². The van der Waals surface area contributed by atoms with E-state index >= 15 is 0 Å². The molecule has 2 rings (SSSR count). The fourth-order valence-electron chi connectivity index (χ4n) is 1.32. The summed E-state index contributed by atoms with van der Waals surface area (Å²) in [5.41, 5.74) is 11.6. The highest BCUT2D eigenvalue weighted by atomic mass is 19.4. The summed E-state index contributed by atoms with van der Waals surface area (Å²) in [6, 6.07) is 12.7. The van der Waals surface area contributed by atoms with Crippen LogP contribution in [-0.4, -0.2) is 0 Å². The van der Waals surface area contributed by atoms with E-state index in [2.05, 4.69) is 0 Å². The van der Waals surface area contributed by atoms with Gasteiger partial charge in [0.2, 0.25) is 0 Å². The van der Waals surface area contributed by atoms with Crippen LogP contribution in [0.25, 0.3) is 0 Å². The number of rotatable bonds is 0. The highest BCUT2D eigenvalue weighted by molar-refractivity contribution is 5.47. The van der Waals surface area contributed by atoms with E-state index in [1.54, 1.807) is 0 Å². The van der Waals surface area contributed by atoms with Crippen molar-refractivity contribution in [2.75, 3.05) is 11.5 Å². The number of nitrogens with two attached hydrogens (primary N) is 2. The quantitative estimate of drug-likeness (QED) is 0.713. The number of aryl methyl sites for hydroxylation is 1. The van der Waals surface area contributed by atoms with Crippen LogP contribution in [0.4, 0.5) is 24.5 Å². The van der Waals surface area contributed by atoms with E-state index in [0.29, 0.717) is 0 Å². The summed E-state index contributed by atoms with van der Waals surface area (Å²) in [4.78, 5) is 0. The molecule has 0 heterocycles. The second-order valence-corrected chi connectivity index (χ2v) is 4.00. The molecule has 19 heavy (non-hydrogen) atoms. The Bertz CT molecular complexity index is 498. The average molecular weight is 268 g/mol. The number of hydrogen-bond acceptors (Lipinski definition) is 2. The van der Waals surface area contributed by atoms with Crippen LogP contribution in [0.5, 0.6) is 0 Å². The van der Waals surface area contributed by atoms with Crippen molar-refractivity contribution in [1.82, 2.24) is 0 Å². The van der Waals surface area contributed by atoms with Gasteiger partial charge in [0, 0.05) is 11.4 Å². The van der Waals surface area contributed by atoms with Gasteiger partial charge in [0.15, 0.2) is 0 Å². The molecule has 0 bridgehead atoms. The fourth-order valence-corrected chi connectivity index (χ4v) is 1.32. The van der Waals surface area contributed by atoms with Gasteiger partial charge in [-0.2, -0.15) is 13.2 Å². The second kappa shape index (κ2) is 6.13. The molecule has 0 spiro atoms. The zero-order chi connectivity index (χ0) is 14.5. The molecule has 0 fully saturated rings. The number of benzene rings is 2. The maximum Gasteiger partial charge on any atom is 0.418 e. The van der Waals surface area contributed by atoms with Crippen LogP contribution in [0.1, 0.15) is 11.1 Å². The average Bonchev–Trinajstić information content (AvgIpc) is 2.33. The molecular weight excluding hydrogens is 253 g/mol. The molecule has 2 nitrogen and oxygen atoms in total. The first-order chi connectivity index (χ1) is 8.80. The van der Waals surface area contributed by atoms with Gasteiger partial charge < -0.3 is 11.5 Å². The van der Waals surface area contributed by atoms with Gasteiger partial charge in [0.1, 0.15) is 0 Å². The lowest BCUT2D eigenvalue weighted by Crippen LogP contribution is -2.07. The van der Waals surface area contributed by atoms with Gasteiger partial charge in [-0.15, -0.1) is 0 Å². The predicted octanol–water partition coefficient (Wildman–Crippen LogP) is 3.86. The lowest BCUT2D eigenvalue weighted by Gasteiger charge is -2.07. The zero-order valence-electron chi connectivity index (χ0n) is 10.4. The number of para-hydroxylation sites is 1. The van der Waals surface area contributed by atoms with E-state index in [4.69, 9.17) is 11.5 Å². The van der Waals surface area contributed by atoms with Gasteiger partial charge in [-0.25, -0.2) is 0 Å². The van der Waals surface area contributed by atoms with Crippen molar-refractivity contribution in [1.29, 1.82) is 0 Å². The molecule has 0 aliphatic heterocycles. The number of halogens is 3. The minimum Gasteiger partial charge on any atom is -0.399 e. The van der Waals surface area contributed by atoms with Gasteiger partial charge in [-0.3, -0.25) is 0 Å². The highest BCUT2D eigenvalue weighted by Crippen LogP contribution is 2.32. The first kappa shape index (κ1) is 14.9. The van der Waals surface area contributed by atoms with Crippen LogP contribution in [0, 0.1) is 6.92 Å². The third-order valence-corrected chi connectivity index (χ3v) is 2.34. The van der Waals surface area contributed by atoms with Gasteiger partial charge in [0.05, 0.1) is 5.56 Å². The summed E-state index contributed by atoms with van der Waals surface area (Å²) >= 11 is 0. The Kier molecular flexibility index (Phi) is 4.80. The Morgan fingerprint density at radius 1 is 0.842 bits per heavy atom. The van der Waals surface area contributed by atoms with Crippen LogP contribution < -0.4 is 11.5 Å². The van der Waals surface area contributed by atoms with Gasteiger partial charge in [-0.05, 0) is 31.2 Å².